The number of nitrogens with zero attached hydrogens (tertiary/aromatic N) is 5. The lowest BCUT2D eigenvalue weighted by Gasteiger charge is -1.98. The third-order valence-corrected chi connectivity index (χ3v) is 4.05. The molecule has 0 N–H and O–H groups in total. The normalized spacial score (nSPS) is 11.2. The summed E-state index contributed by atoms with van der Waals surface area (Å²) in [7, 11) is 0. The predicted octanol–water partition coefficient (Wildman–Crippen LogP) is 3.52. The highest BCUT2D eigenvalue weighted by Crippen LogP contribution is 2.28. The van der Waals surface area contributed by atoms with Crippen LogP contribution in [0.2, 0.25) is 0 Å². The van der Waals surface area contributed by atoms with Crippen LogP contribution in [0, 0.1) is 6.92 Å². The second-order valence-electron chi connectivity index (χ2n) is 4.80. The standard InChI is InChI=1S/C15H10BrN5O/c1-9-18-19-13-7-6-10(8-21(9)13)14-17-15(22-20-14)11-4-2-3-5-12(11)16/h2-8H,1H3. The van der Waals surface area contributed by atoms with E-state index in [4.69, 9.17) is 4.52 Å². The molecule has 4 aromatic rings. The molecule has 0 spiro atoms. The number of hydrogen-bond acceptors (Lipinski definition) is 5. The van der Waals surface area contributed by atoms with Crippen LogP contribution in [0.3, 0.4) is 0 Å². The smallest absolute Gasteiger partial charge is 0.259 e. The number of halogens is 1. The molecule has 0 bridgehead atoms. The highest BCUT2D eigenvalue weighted by molar-refractivity contribution is 9.10. The van der Waals surface area contributed by atoms with Crippen molar-refractivity contribution in [3.05, 3.63) is 52.9 Å². The van der Waals surface area contributed by atoms with Gasteiger partial charge in [-0.1, -0.05) is 17.3 Å². The molecule has 0 amide bonds. The first-order chi connectivity index (χ1) is 10.7. The molecule has 7 heteroatoms. The second-order valence-corrected chi connectivity index (χ2v) is 5.65. The van der Waals surface area contributed by atoms with E-state index in [1.165, 1.54) is 0 Å². The lowest BCUT2D eigenvalue weighted by atomic mass is 10.2. The van der Waals surface area contributed by atoms with Gasteiger partial charge in [0.2, 0.25) is 5.82 Å². The van der Waals surface area contributed by atoms with E-state index >= 15 is 0 Å². The van der Waals surface area contributed by atoms with Gasteiger partial charge in [-0.15, -0.1) is 10.2 Å². The highest BCUT2D eigenvalue weighted by Gasteiger charge is 2.13. The molecule has 4 rings (SSSR count). The lowest BCUT2D eigenvalue weighted by molar-refractivity contribution is 0.432. The average Bonchev–Trinajstić information content (AvgIpc) is 3.15. The number of aryl methyl sites for hydroxylation is 1. The summed E-state index contributed by atoms with van der Waals surface area (Å²) >= 11 is 3.49. The molecular formula is C15H10BrN5O. The fourth-order valence-electron chi connectivity index (χ4n) is 2.22. The number of fused-ring (bicyclic) bond motifs is 1. The maximum Gasteiger partial charge on any atom is 0.259 e. The molecule has 1 aromatic carbocycles. The van der Waals surface area contributed by atoms with E-state index < -0.39 is 0 Å². The maximum absolute atomic E-state index is 5.38. The van der Waals surface area contributed by atoms with Crippen LogP contribution in [0.5, 0.6) is 0 Å². The number of rotatable bonds is 2. The fraction of sp³-hybridized carbons (Fsp3) is 0.0667. The summed E-state index contributed by atoms with van der Waals surface area (Å²) in [6, 6.07) is 11.5. The molecule has 22 heavy (non-hydrogen) atoms. The van der Waals surface area contributed by atoms with Gasteiger partial charge in [0.25, 0.3) is 5.89 Å². The monoisotopic (exact) mass is 355 g/mol. The molecule has 0 aliphatic rings. The predicted molar refractivity (Wildman–Crippen MR) is 84.2 cm³/mol. The SMILES string of the molecule is Cc1nnc2ccc(-c3noc(-c4ccccc4Br)n3)cn12. The first kappa shape index (κ1) is 13.1. The second kappa shape index (κ2) is 5.03. The molecule has 0 atom stereocenters. The van der Waals surface area contributed by atoms with Crippen LogP contribution >= 0.6 is 15.9 Å². The van der Waals surface area contributed by atoms with E-state index in [2.05, 4.69) is 36.3 Å². The van der Waals surface area contributed by atoms with Gasteiger partial charge in [0.15, 0.2) is 5.65 Å². The Morgan fingerprint density at radius 1 is 1.09 bits per heavy atom. The van der Waals surface area contributed by atoms with Crippen LogP contribution < -0.4 is 0 Å². The molecule has 0 aliphatic carbocycles. The Morgan fingerprint density at radius 2 is 1.95 bits per heavy atom. The van der Waals surface area contributed by atoms with E-state index in [9.17, 15) is 0 Å². The van der Waals surface area contributed by atoms with Crippen LogP contribution in [0.1, 0.15) is 5.82 Å². The highest BCUT2D eigenvalue weighted by atomic mass is 79.9. The minimum absolute atomic E-state index is 0.475. The first-order valence-corrected chi connectivity index (χ1v) is 7.42. The van der Waals surface area contributed by atoms with Crippen molar-refractivity contribution in [1.82, 2.24) is 24.7 Å². The van der Waals surface area contributed by atoms with Crippen molar-refractivity contribution < 1.29 is 4.52 Å². The molecule has 0 saturated heterocycles. The van der Waals surface area contributed by atoms with Gasteiger partial charge in [0.1, 0.15) is 5.82 Å². The van der Waals surface area contributed by atoms with E-state index in [1.54, 1.807) is 0 Å². The Labute approximate surface area is 133 Å². The van der Waals surface area contributed by atoms with Gasteiger partial charge in [-0.25, -0.2) is 0 Å². The molecule has 0 unspecified atom stereocenters. The van der Waals surface area contributed by atoms with E-state index in [1.807, 2.05) is 53.9 Å². The van der Waals surface area contributed by atoms with Gasteiger partial charge in [-0.05, 0) is 47.1 Å². The van der Waals surface area contributed by atoms with Crippen LogP contribution in [-0.2, 0) is 0 Å². The number of hydrogen-bond donors (Lipinski definition) is 0. The van der Waals surface area contributed by atoms with Crippen molar-refractivity contribution in [2.24, 2.45) is 0 Å². The third kappa shape index (κ3) is 2.10. The summed E-state index contributed by atoms with van der Waals surface area (Å²) in [5.74, 6) is 1.81. The van der Waals surface area contributed by atoms with Crippen molar-refractivity contribution >= 4 is 21.6 Å². The van der Waals surface area contributed by atoms with Gasteiger partial charge in [-0.3, -0.25) is 4.40 Å². The Kier molecular flexibility index (Phi) is 3.00. The molecule has 0 radical (unpaired) electrons. The number of aromatic nitrogens is 5. The topological polar surface area (TPSA) is 69.1 Å². The molecule has 6 nitrogen and oxygen atoms in total. The van der Waals surface area contributed by atoms with E-state index in [-0.39, 0.29) is 0 Å². The van der Waals surface area contributed by atoms with Crippen LogP contribution in [0.4, 0.5) is 0 Å². The fourth-order valence-corrected chi connectivity index (χ4v) is 2.68. The van der Waals surface area contributed by atoms with Gasteiger partial charge >= 0.3 is 0 Å². The number of benzene rings is 1. The largest absolute Gasteiger partial charge is 0.334 e. The van der Waals surface area contributed by atoms with Crippen LogP contribution in [0.25, 0.3) is 28.5 Å². The summed E-state index contributed by atoms with van der Waals surface area (Å²) in [6.45, 7) is 1.90. The molecular weight excluding hydrogens is 346 g/mol. The molecule has 0 fully saturated rings. The van der Waals surface area contributed by atoms with E-state index in [0.717, 1.165) is 27.1 Å². The van der Waals surface area contributed by atoms with Crippen molar-refractivity contribution in [3.63, 3.8) is 0 Å². The van der Waals surface area contributed by atoms with Crippen molar-refractivity contribution in [2.45, 2.75) is 6.92 Å². The molecule has 3 aromatic heterocycles. The van der Waals surface area contributed by atoms with Crippen molar-refractivity contribution in [1.29, 1.82) is 0 Å². The molecule has 108 valence electrons. The molecule has 3 heterocycles. The zero-order valence-corrected chi connectivity index (χ0v) is 13.1. The average molecular weight is 356 g/mol. The quantitative estimate of drug-likeness (QED) is 0.550. The summed E-state index contributed by atoms with van der Waals surface area (Å²) in [5, 5.41) is 12.2. The van der Waals surface area contributed by atoms with Crippen LogP contribution in [-0.4, -0.2) is 24.7 Å². The zero-order valence-electron chi connectivity index (χ0n) is 11.6. The number of pyridine rings is 1. The van der Waals surface area contributed by atoms with Crippen molar-refractivity contribution in [2.75, 3.05) is 0 Å². The zero-order chi connectivity index (χ0) is 15.1. The van der Waals surface area contributed by atoms with Crippen LogP contribution in [0.15, 0.2) is 51.6 Å². The van der Waals surface area contributed by atoms with Gasteiger partial charge in [0, 0.05) is 16.2 Å². The Hall–Kier alpha value is -2.54. The third-order valence-electron chi connectivity index (χ3n) is 3.36. The Morgan fingerprint density at radius 3 is 2.82 bits per heavy atom. The minimum atomic E-state index is 0.475. The summed E-state index contributed by atoms with van der Waals surface area (Å²) in [4.78, 5) is 4.47. The summed E-state index contributed by atoms with van der Waals surface area (Å²) in [6.07, 6.45) is 1.90. The Bertz CT molecular complexity index is 975. The first-order valence-electron chi connectivity index (χ1n) is 6.63. The molecule has 0 aliphatic heterocycles. The summed E-state index contributed by atoms with van der Waals surface area (Å²) < 4.78 is 8.18. The van der Waals surface area contributed by atoms with E-state index in [0.29, 0.717) is 11.7 Å². The Balaban J connectivity index is 1.80. The minimum Gasteiger partial charge on any atom is -0.334 e. The maximum atomic E-state index is 5.38. The van der Waals surface area contributed by atoms with Crippen molar-refractivity contribution in [3.8, 4) is 22.8 Å². The molecule has 0 saturated carbocycles. The van der Waals surface area contributed by atoms with Gasteiger partial charge < -0.3 is 4.52 Å². The summed E-state index contributed by atoms with van der Waals surface area (Å²) in [5.41, 5.74) is 2.50. The van der Waals surface area contributed by atoms with Gasteiger partial charge in [0.05, 0.1) is 5.56 Å². The lowest BCUT2D eigenvalue weighted by Crippen LogP contribution is -1.90. The van der Waals surface area contributed by atoms with Gasteiger partial charge in [-0.2, -0.15) is 4.98 Å².